The van der Waals surface area contributed by atoms with Crippen molar-refractivity contribution < 1.29 is 28.7 Å². The van der Waals surface area contributed by atoms with Crippen LogP contribution in [0.4, 0.5) is 0 Å². The van der Waals surface area contributed by atoms with Crippen LogP contribution < -0.4 is 16.0 Å². The molecule has 5 rings (SSSR count). The topological polar surface area (TPSA) is 155 Å². The maximum Gasteiger partial charge on any atom is 0.272 e. The number of hydrogen-bond donors (Lipinski definition) is 3. The van der Waals surface area contributed by atoms with Crippen LogP contribution in [0, 0.1) is 5.92 Å². The van der Waals surface area contributed by atoms with E-state index in [2.05, 4.69) is 21.0 Å². The van der Waals surface area contributed by atoms with E-state index >= 15 is 0 Å². The summed E-state index contributed by atoms with van der Waals surface area (Å²) in [5.74, 6) is -2.06. The average molecular weight is 636 g/mol. The minimum absolute atomic E-state index is 0.0205. The Bertz CT molecular complexity index is 1460. The molecule has 1 aliphatic carbocycles. The number of likely N-dealkylation sites (N-methyl/N-ethyl adjacent to an activating group) is 1. The summed E-state index contributed by atoms with van der Waals surface area (Å²) in [6.45, 7) is 3.73. The summed E-state index contributed by atoms with van der Waals surface area (Å²) in [5.41, 5.74) is 3.20. The fourth-order valence-corrected chi connectivity index (χ4v) is 6.51. The van der Waals surface area contributed by atoms with E-state index in [-0.39, 0.29) is 44.4 Å². The summed E-state index contributed by atoms with van der Waals surface area (Å²) >= 11 is 0. The zero-order valence-corrected chi connectivity index (χ0v) is 27.1. The van der Waals surface area contributed by atoms with E-state index in [0.29, 0.717) is 12.1 Å². The lowest BCUT2D eigenvalue weighted by atomic mass is 9.95. The molecule has 13 nitrogen and oxygen atoms in total. The molecule has 5 amide bonds. The first-order valence-electron chi connectivity index (χ1n) is 16.2. The van der Waals surface area contributed by atoms with Gasteiger partial charge in [-0.05, 0) is 43.6 Å². The first-order chi connectivity index (χ1) is 22.0. The van der Waals surface area contributed by atoms with Crippen molar-refractivity contribution in [2.24, 2.45) is 13.0 Å². The van der Waals surface area contributed by atoms with Crippen molar-refractivity contribution in [3.8, 4) is 0 Å². The molecule has 1 aromatic carbocycles. The van der Waals surface area contributed by atoms with Gasteiger partial charge in [0.25, 0.3) is 11.8 Å². The number of carbonyl (C=O) groups excluding carboxylic acids is 5. The largest absolute Gasteiger partial charge is 0.360 e. The summed E-state index contributed by atoms with van der Waals surface area (Å²) in [5, 5.41) is 13.1. The molecule has 1 aromatic heterocycles. The Balaban J connectivity index is 1.46. The molecule has 2 aromatic rings. The highest BCUT2D eigenvalue weighted by Gasteiger charge is 2.39. The van der Waals surface area contributed by atoms with Gasteiger partial charge in [-0.2, -0.15) is 5.10 Å². The number of amides is 5. The molecular formula is C33H45N7O6. The minimum Gasteiger partial charge on any atom is -0.360 e. The van der Waals surface area contributed by atoms with Crippen LogP contribution in [-0.2, 0) is 50.2 Å². The predicted molar refractivity (Wildman–Crippen MR) is 169 cm³/mol. The number of fused-ring (bicyclic) bond motifs is 3. The van der Waals surface area contributed by atoms with Crippen molar-refractivity contribution in [2.75, 3.05) is 33.2 Å². The van der Waals surface area contributed by atoms with Crippen LogP contribution in [0.5, 0.6) is 0 Å². The van der Waals surface area contributed by atoms with E-state index in [1.54, 1.807) is 16.6 Å². The first-order valence-corrected chi connectivity index (χ1v) is 16.2. The zero-order chi connectivity index (χ0) is 33.0. The van der Waals surface area contributed by atoms with Crippen LogP contribution >= 0.6 is 0 Å². The molecule has 0 radical (unpaired) electrons. The molecule has 2 fully saturated rings. The molecule has 0 spiro atoms. The van der Waals surface area contributed by atoms with Gasteiger partial charge in [0.2, 0.25) is 17.7 Å². The van der Waals surface area contributed by atoms with Gasteiger partial charge in [0.1, 0.15) is 17.8 Å². The van der Waals surface area contributed by atoms with Gasteiger partial charge in [-0.3, -0.25) is 28.7 Å². The number of benzene rings is 1. The molecule has 3 aliphatic rings. The van der Waals surface area contributed by atoms with Crippen LogP contribution in [-0.4, -0.2) is 107 Å². The molecule has 46 heavy (non-hydrogen) atoms. The third-order valence-corrected chi connectivity index (χ3v) is 8.79. The fourth-order valence-electron chi connectivity index (χ4n) is 6.51. The Hall–Kier alpha value is -4.26. The highest BCUT2D eigenvalue weighted by molar-refractivity contribution is 5.96. The average Bonchev–Trinajstić information content (AvgIpc) is 3.37. The summed E-state index contributed by atoms with van der Waals surface area (Å²) in [7, 11) is 3.25. The monoisotopic (exact) mass is 635 g/mol. The predicted octanol–water partition coefficient (Wildman–Crippen LogP) is 0.355. The van der Waals surface area contributed by atoms with Gasteiger partial charge in [0.15, 0.2) is 6.10 Å². The molecule has 0 unspecified atom stereocenters. The third-order valence-electron chi connectivity index (χ3n) is 8.79. The number of nitrogens with zero attached hydrogens (tertiary/aromatic N) is 4. The van der Waals surface area contributed by atoms with Crippen LogP contribution in [0.3, 0.4) is 0 Å². The Labute approximate surface area is 269 Å². The van der Waals surface area contributed by atoms with E-state index < -0.39 is 47.9 Å². The number of carbonyl (C=O) groups is 5. The van der Waals surface area contributed by atoms with Gasteiger partial charge >= 0.3 is 0 Å². The fraction of sp³-hybridized carbons (Fsp3) is 0.576. The molecule has 13 heteroatoms. The number of morpholine rings is 1. The maximum absolute atomic E-state index is 14.1. The highest BCUT2D eigenvalue weighted by Crippen LogP contribution is 2.26. The standard InChI is InChI=1S/C33H45N7O6/c1-20(2)14-25-30(42)34-16-22-17-40(33(45)29-23-12-8-9-13-24(23)37-39(29)4)18-27(46-22)31(43)36-26(15-21-10-6-5-7-11-21)32(44)38(3)19-28(41)35-25/h5-7,10-11,20,22,25-27H,8-9,12-19H2,1-4H3,(H,34,42)(H,35,41)(H,36,43)/t22-,25+,26-,27-/m1/s1. The first kappa shape index (κ1) is 33.1. The van der Waals surface area contributed by atoms with Crippen LogP contribution in [0.25, 0.3) is 0 Å². The van der Waals surface area contributed by atoms with Crippen LogP contribution in [0.2, 0.25) is 0 Å². The molecule has 2 bridgehead atoms. The number of hydrogen-bond acceptors (Lipinski definition) is 7. The second kappa shape index (κ2) is 14.4. The van der Waals surface area contributed by atoms with E-state index in [1.807, 2.05) is 44.2 Å². The quantitative estimate of drug-likeness (QED) is 0.429. The van der Waals surface area contributed by atoms with Crippen molar-refractivity contribution in [3.05, 3.63) is 52.8 Å². The van der Waals surface area contributed by atoms with Crippen molar-refractivity contribution in [3.63, 3.8) is 0 Å². The van der Waals surface area contributed by atoms with E-state index in [1.165, 1.54) is 11.9 Å². The van der Waals surface area contributed by atoms with Crippen LogP contribution in [0.1, 0.15) is 60.4 Å². The summed E-state index contributed by atoms with van der Waals surface area (Å²) in [6.07, 6.45) is 2.33. The summed E-state index contributed by atoms with van der Waals surface area (Å²) < 4.78 is 7.83. The Morgan fingerprint density at radius 3 is 2.46 bits per heavy atom. The Kier molecular flexibility index (Phi) is 10.4. The lowest BCUT2D eigenvalue weighted by Gasteiger charge is -2.38. The van der Waals surface area contributed by atoms with Crippen molar-refractivity contribution in [1.82, 2.24) is 35.5 Å². The summed E-state index contributed by atoms with van der Waals surface area (Å²) in [6, 6.07) is 7.44. The van der Waals surface area contributed by atoms with Crippen molar-refractivity contribution in [1.29, 1.82) is 0 Å². The number of nitrogens with one attached hydrogen (secondary N) is 3. The van der Waals surface area contributed by atoms with E-state index in [9.17, 15) is 24.0 Å². The van der Waals surface area contributed by atoms with E-state index in [4.69, 9.17) is 4.74 Å². The van der Waals surface area contributed by atoms with Gasteiger partial charge in [0, 0.05) is 39.2 Å². The number of aromatic nitrogens is 2. The van der Waals surface area contributed by atoms with Crippen molar-refractivity contribution in [2.45, 2.75) is 76.7 Å². The van der Waals surface area contributed by atoms with Gasteiger partial charge in [-0.1, -0.05) is 44.2 Å². The number of ether oxygens (including phenoxy) is 1. The Morgan fingerprint density at radius 2 is 1.72 bits per heavy atom. The molecule has 2 saturated heterocycles. The summed E-state index contributed by atoms with van der Waals surface area (Å²) in [4.78, 5) is 70.8. The van der Waals surface area contributed by atoms with E-state index in [0.717, 1.165) is 42.5 Å². The number of aryl methyl sites for hydroxylation is 2. The molecule has 248 valence electrons. The molecule has 4 atom stereocenters. The third kappa shape index (κ3) is 7.75. The second-order valence-electron chi connectivity index (χ2n) is 13.0. The molecular weight excluding hydrogens is 590 g/mol. The van der Waals surface area contributed by atoms with Gasteiger partial charge in [0.05, 0.1) is 24.9 Å². The van der Waals surface area contributed by atoms with Gasteiger partial charge in [-0.15, -0.1) is 0 Å². The van der Waals surface area contributed by atoms with Gasteiger partial charge < -0.3 is 30.5 Å². The van der Waals surface area contributed by atoms with Crippen LogP contribution in [0.15, 0.2) is 30.3 Å². The van der Waals surface area contributed by atoms with Gasteiger partial charge in [-0.25, -0.2) is 0 Å². The highest BCUT2D eigenvalue weighted by atomic mass is 16.5. The maximum atomic E-state index is 14.1. The smallest absolute Gasteiger partial charge is 0.272 e. The molecule has 3 heterocycles. The SMILES string of the molecule is CC(C)C[C@@H]1NC(=O)CN(C)C(=O)[C@@H](Cc2ccccc2)NC(=O)[C@H]2CN(C(=O)c3c4c(nn3C)CCCC4)C[C@@H](CNC1=O)O2. The zero-order valence-electron chi connectivity index (χ0n) is 27.1. The lowest BCUT2D eigenvalue weighted by molar-refractivity contribution is -0.148. The van der Waals surface area contributed by atoms with Crippen molar-refractivity contribution >= 4 is 29.5 Å². The normalized spacial score (nSPS) is 24.8. The molecule has 2 aliphatic heterocycles. The molecule has 0 saturated carbocycles. The second-order valence-corrected chi connectivity index (χ2v) is 13.0. The molecule has 3 N–H and O–H groups in total. The number of rotatable bonds is 5. The lowest BCUT2D eigenvalue weighted by Crippen LogP contribution is -2.59. The Morgan fingerprint density at radius 1 is 0.978 bits per heavy atom. The minimum atomic E-state index is -1.10.